The van der Waals surface area contributed by atoms with Crippen molar-refractivity contribution in [3.05, 3.63) is 59.8 Å². The molecule has 2 aromatic rings. The highest BCUT2D eigenvalue weighted by Crippen LogP contribution is 2.13. The number of nitrogens with one attached hydrogen (secondary N) is 1. The maximum absolute atomic E-state index is 13.1. The molecule has 0 radical (unpaired) electrons. The van der Waals surface area contributed by atoms with E-state index in [1.54, 1.807) is 31.2 Å². The monoisotopic (exact) mass is 346 g/mol. The van der Waals surface area contributed by atoms with Crippen LogP contribution in [-0.2, 0) is 22.7 Å². The number of carbonyl (C=O) groups is 2. The molecule has 1 atom stereocenters. The molecule has 1 aromatic carbocycles. The molecule has 134 valence electrons. The van der Waals surface area contributed by atoms with Crippen LogP contribution in [0.5, 0.6) is 0 Å². The molecule has 0 bridgehead atoms. The number of hydrogen-bond acceptors (Lipinski definition) is 3. The smallest absolute Gasteiger partial charge is 0.242 e. The van der Waals surface area contributed by atoms with Gasteiger partial charge in [0.05, 0.1) is 12.8 Å². The molecule has 0 saturated carbocycles. The van der Waals surface area contributed by atoms with Crippen LogP contribution in [-0.4, -0.2) is 22.8 Å². The van der Waals surface area contributed by atoms with Gasteiger partial charge in [0.25, 0.3) is 0 Å². The van der Waals surface area contributed by atoms with Gasteiger partial charge in [-0.2, -0.15) is 0 Å². The largest absolute Gasteiger partial charge is 0.467 e. The van der Waals surface area contributed by atoms with E-state index in [0.29, 0.717) is 18.6 Å². The first-order chi connectivity index (χ1) is 12.0. The fraction of sp³-hybridized carbons (Fsp3) is 0.368. The number of furan rings is 1. The predicted octanol–water partition coefficient (Wildman–Crippen LogP) is 3.25. The van der Waals surface area contributed by atoms with Crippen LogP contribution in [0, 0.1) is 5.82 Å². The second-order valence-corrected chi connectivity index (χ2v) is 5.87. The Morgan fingerprint density at radius 3 is 2.56 bits per heavy atom. The predicted molar refractivity (Wildman–Crippen MR) is 91.9 cm³/mol. The molecule has 0 fully saturated rings. The van der Waals surface area contributed by atoms with E-state index < -0.39 is 6.04 Å². The molecule has 1 aromatic heterocycles. The maximum atomic E-state index is 13.1. The maximum Gasteiger partial charge on any atom is 0.242 e. The van der Waals surface area contributed by atoms with Crippen molar-refractivity contribution in [2.24, 2.45) is 0 Å². The topological polar surface area (TPSA) is 62.6 Å². The van der Waals surface area contributed by atoms with Crippen LogP contribution in [0.1, 0.15) is 38.0 Å². The Morgan fingerprint density at radius 2 is 1.96 bits per heavy atom. The molecule has 0 aliphatic heterocycles. The van der Waals surface area contributed by atoms with Gasteiger partial charge < -0.3 is 14.6 Å². The third kappa shape index (κ3) is 5.45. The summed E-state index contributed by atoms with van der Waals surface area (Å²) in [5.74, 6) is -0.0552. The van der Waals surface area contributed by atoms with Crippen molar-refractivity contribution in [1.82, 2.24) is 10.2 Å². The van der Waals surface area contributed by atoms with Crippen molar-refractivity contribution < 1.29 is 18.4 Å². The quantitative estimate of drug-likeness (QED) is 0.798. The van der Waals surface area contributed by atoms with Crippen LogP contribution in [0.25, 0.3) is 0 Å². The van der Waals surface area contributed by atoms with Gasteiger partial charge >= 0.3 is 0 Å². The normalized spacial score (nSPS) is 11.8. The van der Waals surface area contributed by atoms with Crippen molar-refractivity contribution >= 4 is 11.8 Å². The highest BCUT2D eigenvalue weighted by molar-refractivity contribution is 5.87. The van der Waals surface area contributed by atoms with Crippen LogP contribution >= 0.6 is 0 Å². The molecular formula is C19H23FN2O3. The number of nitrogens with zero attached hydrogens (tertiary/aromatic N) is 1. The lowest BCUT2D eigenvalue weighted by Crippen LogP contribution is -2.47. The molecule has 1 heterocycles. The van der Waals surface area contributed by atoms with E-state index in [0.717, 1.165) is 5.56 Å². The summed E-state index contributed by atoms with van der Waals surface area (Å²) in [5.41, 5.74) is 0.775. The number of rotatable bonds is 8. The lowest BCUT2D eigenvalue weighted by molar-refractivity contribution is -0.140. The van der Waals surface area contributed by atoms with Crippen LogP contribution < -0.4 is 5.32 Å². The Balaban J connectivity index is 2.05. The third-order valence-electron chi connectivity index (χ3n) is 3.91. The van der Waals surface area contributed by atoms with Gasteiger partial charge in [0.1, 0.15) is 17.6 Å². The minimum atomic E-state index is -0.640. The SMILES string of the molecule is CCCC(=O)N(Cc1ccc(F)cc1)C(C)C(=O)NCc1ccco1. The van der Waals surface area contributed by atoms with Gasteiger partial charge in [-0.15, -0.1) is 0 Å². The number of carbonyl (C=O) groups excluding carboxylic acids is 2. The molecule has 1 N–H and O–H groups in total. The zero-order chi connectivity index (χ0) is 18.2. The van der Waals surface area contributed by atoms with Gasteiger partial charge in [-0.3, -0.25) is 9.59 Å². The molecule has 0 aliphatic rings. The Labute approximate surface area is 146 Å². The van der Waals surface area contributed by atoms with Gasteiger partial charge in [-0.25, -0.2) is 4.39 Å². The first kappa shape index (κ1) is 18.7. The fourth-order valence-electron chi connectivity index (χ4n) is 2.46. The Bertz CT molecular complexity index is 683. The fourth-order valence-corrected chi connectivity index (χ4v) is 2.46. The van der Waals surface area contributed by atoms with Gasteiger partial charge in [0.15, 0.2) is 0 Å². The Hall–Kier alpha value is -2.63. The van der Waals surface area contributed by atoms with E-state index in [4.69, 9.17) is 4.42 Å². The third-order valence-corrected chi connectivity index (χ3v) is 3.91. The average molecular weight is 346 g/mol. The number of benzene rings is 1. The van der Waals surface area contributed by atoms with E-state index in [2.05, 4.69) is 5.32 Å². The zero-order valence-corrected chi connectivity index (χ0v) is 14.5. The number of halogens is 1. The summed E-state index contributed by atoms with van der Waals surface area (Å²) in [6.45, 7) is 4.13. The molecule has 1 unspecified atom stereocenters. The molecule has 6 heteroatoms. The summed E-state index contributed by atoms with van der Waals surface area (Å²) < 4.78 is 18.3. The minimum absolute atomic E-state index is 0.104. The second-order valence-electron chi connectivity index (χ2n) is 5.87. The van der Waals surface area contributed by atoms with Crippen molar-refractivity contribution in [3.63, 3.8) is 0 Å². The number of hydrogen-bond donors (Lipinski definition) is 1. The minimum Gasteiger partial charge on any atom is -0.467 e. The standard InChI is InChI=1S/C19H23FN2O3/c1-3-5-18(23)22(13-15-7-9-16(20)10-8-15)14(2)19(24)21-12-17-6-4-11-25-17/h4,6-11,14H,3,5,12-13H2,1-2H3,(H,21,24). The summed E-state index contributed by atoms with van der Waals surface area (Å²) in [7, 11) is 0. The summed E-state index contributed by atoms with van der Waals surface area (Å²) >= 11 is 0. The first-order valence-electron chi connectivity index (χ1n) is 8.35. The van der Waals surface area contributed by atoms with Crippen LogP contribution in [0.2, 0.25) is 0 Å². The molecule has 5 nitrogen and oxygen atoms in total. The summed E-state index contributed by atoms with van der Waals surface area (Å²) in [6.07, 6.45) is 2.59. The number of amides is 2. The van der Waals surface area contributed by atoms with E-state index in [-0.39, 0.29) is 30.7 Å². The molecule has 2 amide bonds. The average Bonchev–Trinajstić information content (AvgIpc) is 3.12. The van der Waals surface area contributed by atoms with Crippen LogP contribution in [0.4, 0.5) is 4.39 Å². The molecule has 0 aliphatic carbocycles. The Morgan fingerprint density at radius 1 is 1.24 bits per heavy atom. The van der Waals surface area contributed by atoms with E-state index in [9.17, 15) is 14.0 Å². The molecule has 0 spiro atoms. The van der Waals surface area contributed by atoms with E-state index >= 15 is 0 Å². The van der Waals surface area contributed by atoms with E-state index in [1.165, 1.54) is 23.3 Å². The van der Waals surface area contributed by atoms with Crippen LogP contribution in [0.3, 0.4) is 0 Å². The summed E-state index contributed by atoms with van der Waals surface area (Å²) in [4.78, 5) is 26.4. The summed E-state index contributed by atoms with van der Waals surface area (Å²) in [5, 5.41) is 2.77. The Kier molecular flexibility index (Phi) is 6.74. The van der Waals surface area contributed by atoms with Crippen molar-refractivity contribution in [2.75, 3.05) is 0 Å². The van der Waals surface area contributed by atoms with E-state index in [1.807, 2.05) is 6.92 Å². The van der Waals surface area contributed by atoms with Crippen molar-refractivity contribution in [3.8, 4) is 0 Å². The second kappa shape index (κ2) is 9.01. The lowest BCUT2D eigenvalue weighted by atomic mass is 10.1. The highest BCUT2D eigenvalue weighted by atomic mass is 19.1. The van der Waals surface area contributed by atoms with Crippen molar-refractivity contribution in [1.29, 1.82) is 0 Å². The van der Waals surface area contributed by atoms with Gasteiger partial charge in [0, 0.05) is 13.0 Å². The van der Waals surface area contributed by atoms with Crippen molar-refractivity contribution in [2.45, 2.75) is 45.8 Å². The van der Waals surface area contributed by atoms with Crippen LogP contribution in [0.15, 0.2) is 47.1 Å². The lowest BCUT2D eigenvalue weighted by Gasteiger charge is -2.28. The molecule has 2 rings (SSSR count). The first-order valence-corrected chi connectivity index (χ1v) is 8.35. The molecule has 0 saturated heterocycles. The molecule has 25 heavy (non-hydrogen) atoms. The molecular weight excluding hydrogens is 323 g/mol. The van der Waals surface area contributed by atoms with Gasteiger partial charge in [-0.1, -0.05) is 19.1 Å². The zero-order valence-electron chi connectivity index (χ0n) is 14.5. The van der Waals surface area contributed by atoms with Gasteiger partial charge in [0.2, 0.25) is 11.8 Å². The summed E-state index contributed by atoms with van der Waals surface area (Å²) in [6, 6.07) is 8.81. The highest BCUT2D eigenvalue weighted by Gasteiger charge is 2.25. The van der Waals surface area contributed by atoms with Gasteiger partial charge in [-0.05, 0) is 43.2 Å².